The molecular weight excluding hydrogens is 193 g/mol. The first-order chi connectivity index (χ1) is 7.19. The fourth-order valence-corrected chi connectivity index (χ4v) is 1.15. The molecule has 82 valence electrons. The average molecular weight is 209 g/mol. The highest BCUT2D eigenvalue weighted by Crippen LogP contribution is 2.12. The highest BCUT2D eigenvalue weighted by Gasteiger charge is 1.98. The second kappa shape index (κ2) is 5.29. The van der Waals surface area contributed by atoms with Crippen molar-refractivity contribution in [3.63, 3.8) is 0 Å². The number of benzene rings is 1. The summed E-state index contributed by atoms with van der Waals surface area (Å²) in [5.74, 6) is -0.316. The van der Waals surface area contributed by atoms with Crippen LogP contribution in [0.2, 0.25) is 0 Å². The molecule has 2 nitrogen and oxygen atoms in total. The van der Waals surface area contributed by atoms with E-state index in [1.54, 1.807) is 12.1 Å². The van der Waals surface area contributed by atoms with E-state index in [9.17, 15) is 9.18 Å². The lowest BCUT2D eigenvalue weighted by atomic mass is 10.2. The number of hydrogen-bond donors (Lipinski definition) is 1. The Labute approximate surface area is 89.2 Å². The van der Waals surface area contributed by atoms with Gasteiger partial charge in [-0.15, -0.1) is 0 Å². The summed E-state index contributed by atoms with van der Waals surface area (Å²) in [5, 5.41) is 0.442. The molecule has 0 radical (unpaired) electrons. The molecule has 0 amide bonds. The van der Waals surface area contributed by atoms with Gasteiger partial charge in [0.15, 0.2) is 0 Å². The highest BCUT2D eigenvalue weighted by atomic mass is 19.1. The SMILES string of the molecule is CCC.O=c1ccc2c(F)cccc2[nH]1.[HH]. The van der Waals surface area contributed by atoms with Crippen LogP contribution in [-0.2, 0) is 0 Å². The van der Waals surface area contributed by atoms with Crippen molar-refractivity contribution in [2.24, 2.45) is 0 Å². The van der Waals surface area contributed by atoms with Gasteiger partial charge in [-0.3, -0.25) is 4.79 Å². The highest BCUT2D eigenvalue weighted by molar-refractivity contribution is 5.78. The van der Waals surface area contributed by atoms with E-state index in [1.807, 2.05) is 0 Å². The van der Waals surface area contributed by atoms with Crippen molar-refractivity contribution < 1.29 is 5.82 Å². The van der Waals surface area contributed by atoms with Gasteiger partial charge in [0.1, 0.15) is 5.82 Å². The second-order valence-electron chi connectivity index (χ2n) is 3.23. The number of H-pyrrole nitrogens is 1. The van der Waals surface area contributed by atoms with Gasteiger partial charge >= 0.3 is 0 Å². The Hall–Kier alpha value is -1.64. The van der Waals surface area contributed by atoms with Crippen LogP contribution in [0, 0.1) is 5.82 Å². The Balaban J connectivity index is 0.000000511. The third-order valence-electron chi connectivity index (χ3n) is 1.71. The molecule has 0 fully saturated rings. The zero-order chi connectivity index (χ0) is 11.3. The summed E-state index contributed by atoms with van der Waals surface area (Å²) in [7, 11) is 0. The molecular formula is C12H16FNO. The third-order valence-corrected chi connectivity index (χ3v) is 1.71. The molecule has 0 atom stereocenters. The minimum Gasteiger partial charge on any atom is -0.322 e. The number of rotatable bonds is 0. The largest absolute Gasteiger partial charge is 0.322 e. The zero-order valence-electron chi connectivity index (χ0n) is 8.88. The van der Waals surface area contributed by atoms with Crippen LogP contribution in [-0.4, -0.2) is 4.98 Å². The molecule has 15 heavy (non-hydrogen) atoms. The van der Waals surface area contributed by atoms with Gasteiger partial charge in [-0.25, -0.2) is 4.39 Å². The Bertz CT molecular complexity index is 496. The van der Waals surface area contributed by atoms with E-state index in [4.69, 9.17) is 0 Å². The van der Waals surface area contributed by atoms with Crippen LogP contribution in [0.1, 0.15) is 21.7 Å². The van der Waals surface area contributed by atoms with Crippen molar-refractivity contribution >= 4 is 10.9 Å². The number of fused-ring (bicyclic) bond motifs is 1. The number of halogens is 1. The lowest BCUT2D eigenvalue weighted by Crippen LogP contribution is -2.02. The van der Waals surface area contributed by atoms with Crippen LogP contribution in [0.3, 0.4) is 0 Å². The van der Waals surface area contributed by atoms with Crippen molar-refractivity contribution in [3.8, 4) is 0 Å². The number of aromatic nitrogens is 1. The summed E-state index contributed by atoms with van der Waals surface area (Å²) in [4.78, 5) is 13.4. The minimum atomic E-state index is -0.316. The van der Waals surface area contributed by atoms with Gasteiger partial charge in [0.05, 0.1) is 5.52 Å². The van der Waals surface area contributed by atoms with Crippen LogP contribution in [0.5, 0.6) is 0 Å². The summed E-state index contributed by atoms with van der Waals surface area (Å²) < 4.78 is 13.0. The fourth-order valence-electron chi connectivity index (χ4n) is 1.15. The Morgan fingerprint density at radius 1 is 1.27 bits per heavy atom. The molecule has 0 spiro atoms. The van der Waals surface area contributed by atoms with Gasteiger partial charge in [-0.05, 0) is 18.2 Å². The van der Waals surface area contributed by atoms with E-state index in [-0.39, 0.29) is 12.8 Å². The standard InChI is InChI=1S/C9H6FNO.C3H8.H2/c10-7-2-1-3-8-6(7)4-5-9(12)11-8;1-3-2;/h1-5H,(H,11,12);3H2,1-2H3;1H. The number of aromatic amines is 1. The van der Waals surface area contributed by atoms with Crippen LogP contribution in [0.25, 0.3) is 10.9 Å². The molecule has 0 saturated carbocycles. The van der Waals surface area contributed by atoms with E-state index < -0.39 is 0 Å². The smallest absolute Gasteiger partial charge is 0.248 e. The molecule has 1 N–H and O–H groups in total. The monoisotopic (exact) mass is 209 g/mol. The van der Waals surface area contributed by atoms with Crippen LogP contribution in [0.4, 0.5) is 4.39 Å². The first-order valence-electron chi connectivity index (χ1n) is 4.96. The molecule has 3 heteroatoms. The summed E-state index contributed by atoms with van der Waals surface area (Å²) in [6.45, 7) is 4.25. The lowest BCUT2D eigenvalue weighted by molar-refractivity contribution is 0.639. The normalized spacial score (nSPS) is 9.53. The van der Waals surface area contributed by atoms with Gasteiger partial charge in [-0.1, -0.05) is 26.3 Å². The minimum absolute atomic E-state index is 0. The van der Waals surface area contributed by atoms with E-state index in [0.29, 0.717) is 10.9 Å². The van der Waals surface area contributed by atoms with Crippen molar-refractivity contribution in [2.45, 2.75) is 20.3 Å². The third kappa shape index (κ3) is 2.91. The van der Waals surface area contributed by atoms with E-state index in [2.05, 4.69) is 18.8 Å². The van der Waals surface area contributed by atoms with Crippen LogP contribution < -0.4 is 5.56 Å². The maximum Gasteiger partial charge on any atom is 0.248 e. The summed E-state index contributed by atoms with van der Waals surface area (Å²) in [6.07, 6.45) is 1.25. The molecule has 1 heterocycles. The second-order valence-corrected chi connectivity index (χ2v) is 3.23. The van der Waals surface area contributed by atoms with E-state index in [0.717, 1.165) is 0 Å². The Kier molecular flexibility index (Phi) is 4.03. The zero-order valence-corrected chi connectivity index (χ0v) is 8.88. The van der Waals surface area contributed by atoms with Crippen molar-refractivity contribution in [2.75, 3.05) is 0 Å². The first-order valence-corrected chi connectivity index (χ1v) is 4.96. The number of nitrogens with one attached hydrogen (secondary N) is 1. The molecule has 0 aliphatic rings. The summed E-state index contributed by atoms with van der Waals surface area (Å²) >= 11 is 0. The van der Waals surface area contributed by atoms with Crippen molar-refractivity contribution in [3.05, 3.63) is 46.5 Å². The average Bonchev–Trinajstić information content (AvgIpc) is 2.19. The molecule has 0 saturated heterocycles. The van der Waals surface area contributed by atoms with E-state index in [1.165, 1.54) is 24.6 Å². The van der Waals surface area contributed by atoms with Gasteiger partial charge in [-0.2, -0.15) is 0 Å². The molecule has 1 aromatic heterocycles. The summed E-state index contributed by atoms with van der Waals surface area (Å²) in [5.41, 5.74) is 0.315. The molecule has 2 rings (SSSR count). The van der Waals surface area contributed by atoms with Gasteiger partial charge < -0.3 is 4.98 Å². The maximum absolute atomic E-state index is 13.0. The predicted molar refractivity (Wildman–Crippen MR) is 62.6 cm³/mol. The lowest BCUT2D eigenvalue weighted by Gasteiger charge is -1.96. The molecule has 1 aromatic carbocycles. The quantitative estimate of drug-likeness (QED) is 0.709. The predicted octanol–water partition coefficient (Wildman–Crippen LogP) is 3.33. The van der Waals surface area contributed by atoms with Gasteiger partial charge in [0.25, 0.3) is 0 Å². The number of hydrogen-bond acceptors (Lipinski definition) is 1. The topological polar surface area (TPSA) is 32.9 Å². The molecule has 2 aromatic rings. The van der Waals surface area contributed by atoms with Gasteiger partial charge in [0.2, 0.25) is 5.56 Å². The van der Waals surface area contributed by atoms with Crippen molar-refractivity contribution in [1.29, 1.82) is 0 Å². The first kappa shape index (κ1) is 11.4. The Morgan fingerprint density at radius 2 is 1.93 bits per heavy atom. The van der Waals surface area contributed by atoms with Gasteiger partial charge in [0, 0.05) is 12.9 Å². The van der Waals surface area contributed by atoms with Crippen LogP contribution in [0.15, 0.2) is 35.1 Å². The maximum atomic E-state index is 13.0. The molecule has 0 bridgehead atoms. The Morgan fingerprint density at radius 3 is 2.60 bits per heavy atom. The fraction of sp³-hybridized carbons (Fsp3) is 0.250. The summed E-state index contributed by atoms with van der Waals surface area (Å²) in [6, 6.07) is 7.38. The molecule has 0 aliphatic heterocycles. The van der Waals surface area contributed by atoms with Crippen molar-refractivity contribution in [1.82, 2.24) is 4.98 Å². The molecule has 0 unspecified atom stereocenters. The van der Waals surface area contributed by atoms with Crippen LogP contribution >= 0.6 is 0 Å². The van der Waals surface area contributed by atoms with E-state index >= 15 is 0 Å². The molecule has 0 aliphatic carbocycles. The number of pyridine rings is 1.